The predicted molar refractivity (Wildman–Crippen MR) is 468 cm³/mol. The number of aromatic hydroxyl groups is 1. The summed E-state index contributed by atoms with van der Waals surface area (Å²) in [7, 11) is 10.8. The Morgan fingerprint density at radius 2 is 0.915 bits per heavy atom. The quantitative estimate of drug-likeness (QED) is 0.0129. The molecular formula is C87H103ClN10O16S4. The molecule has 2 fully saturated rings. The van der Waals surface area contributed by atoms with E-state index < -0.39 is 46.8 Å². The van der Waals surface area contributed by atoms with E-state index >= 15 is 0 Å². The number of likely N-dealkylation sites (N-methyl/N-ethyl adjacent to an activating group) is 2. The largest absolute Gasteiger partial charge is 0.514 e. The van der Waals surface area contributed by atoms with Crippen LogP contribution >= 0.6 is 55.6 Å². The molecule has 0 radical (unpaired) electrons. The van der Waals surface area contributed by atoms with Gasteiger partial charge in [-0.3, -0.25) is 28.8 Å². The number of esters is 4. The van der Waals surface area contributed by atoms with E-state index in [1.807, 2.05) is 38.1 Å². The zero-order valence-electron chi connectivity index (χ0n) is 68.2. The number of benzene rings is 4. The van der Waals surface area contributed by atoms with Gasteiger partial charge in [0.2, 0.25) is 23.0 Å². The van der Waals surface area contributed by atoms with Gasteiger partial charge in [0.15, 0.2) is 0 Å². The van der Waals surface area contributed by atoms with E-state index in [0.717, 1.165) is 121 Å². The van der Waals surface area contributed by atoms with Crippen LogP contribution in [0.25, 0.3) is 44.6 Å². The van der Waals surface area contributed by atoms with Gasteiger partial charge in [0.1, 0.15) is 30.3 Å². The Morgan fingerprint density at radius 3 is 1.31 bits per heavy atom. The van der Waals surface area contributed by atoms with E-state index in [4.69, 9.17) is 38.4 Å². The molecule has 2 saturated heterocycles. The standard InChI is InChI=1S/C46H55N5O9S2.C41H47N5O7S2.ClH/c1-7-32-33-25-31(58-44(56)60-45(3,4)5)17-18-37(33)48-41-34(32)27-51-38(41)26-36-35(42(51)54)28-57-43(55)46(36,8-2)59-40(53)12-10-24-62-61-23-9-11-39(52)47-29-13-15-30(16-14-29)50-21-19-49(6)20-22-50;1-4-29-30-22-28(47)14-15-34(30)43-38-31(29)24-46-35(38)23-33-32(39(46)50)25-52-40(51)41(33,5-2)53-37(49)9-7-21-55-54-20-6-8-36(48)42-26-10-12-27(13-11-26)45-18-16-44(3)17-19-45;/h13-18,25-26H,7-12,19-24,27-28H2,1-6H3,(H,47,52);10-15,22-23,47H,4-9,16-21,24-25H2,1-3H3,(H,42,48);1H/t46-;41-;/m00./s1. The lowest BCUT2D eigenvalue weighted by Crippen LogP contribution is -2.47. The van der Waals surface area contributed by atoms with Gasteiger partial charge in [0.05, 0.1) is 58.0 Å². The first-order valence-corrected chi connectivity index (χ1v) is 45.3. The molecule has 4 aromatic heterocycles. The minimum Gasteiger partial charge on any atom is -0.508 e. The fourth-order valence-corrected chi connectivity index (χ4v) is 20.1. The number of cyclic esters (lactones) is 2. The number of hydrogen-bond donors (Lipinski definition) is 3. The number of nitrogens with one attached hydrogen (secondary N) is 2. The van der Waals surface area contributed by atoms with Gasteiger partial charge in [-0.2, -0.15) is 0 Å². The Morgan fingerprint density at radius 1 is 0.517 bits per heavy atom. The smallest absolute Gasteiger partial charge is 0.508 e. The van der Waals surface area contributed by atoms with Crippen molar-refractivity contribution in [1.82, 2.24) is 28.9 Å². The Bertz CT molecular complexity index is 5220. The minimum atomic E-state index is -1.78. The molecule has 6 aliphatic heterocycles. The second-order valence-electron chi connectivity index (χ2n) is 31.0. The fraction of sp³-hybridized carbons (Fsp3) is 0.460. The van der Waals surface area contributed by atoms with Crippen molar-refractivity contribution in [1.29, 1.82) is 0 Å². The Balaban J connectivity index is 0.000000217. The van der Waals surface area contributed by atoms with Gasteiger partial charge in [-0.1, -0.05) is 70.9 Å². The summed E-state index contributed by atoms with van der Waals surface area (Å²) in [5.41, 5.74) is 7.66. The lowest BCUT2D eigenvalue weighted by molar-refractivity contribution is -0.189. The third-order valence-electron chi connectivity index (χ3n) is 22.1. The number of carbonyl (C=O) groups is 7. The SMILES string of the molecule is CCc1c2c(nc3ccc(O)cc13)-c1cc3c(c(=O)n1C2)COC(=O)[C@@]3(CC)OC(=O)CCCSSCCCC(=O)Nc1ccc(N2CCN(C)CC2)cc1.CCc1c2c(nc3ccc(OC(=O)OC(C)(C)C)cc13)-c1cc3c(c(=O)n1C2)COC(=O)[C@@]3(CC)OC(=O)CCCSSCCCC(=O)Nc1ccc(N2CCN(C)CC2)cc1.Cl. The summed E-state index contributed by atoms with van der Waals surface area (Å²) in [6, 6.07) is 29.8. The maximum Gasteiger partial charge on any atom is 0.514 e. The highest BCUT2D eigenvalue weighted by Gasteiger charge is 2.52. The Kier molecular flexibility index (Phi) is 29.0. The summed E-state index contributed by atoms with van der Waals surface area (Å²) in [6.45, 7) is 21.1. The number of pyridine rings is 4. The van der Waals surface area contributed by atoms with Crippen LogP contribution in [0.3, 0.4) is 0 Å². The van der Waals surface area contributed by atoms with Crippen LogP contribution in [0.2, 0.25) is 0 Å². The number of nitrogens with zero attached hydrogens (tertiary/aromatic N) is 8. The first-order chi connectivity index (χ1) is 56.3. The van der Waals surface area contributed by atoms with Crippen LogP contribution in [0.1, 0.15) is 157 Å². The highest BCUT2D eigenvalue weighted by molar-refractivity contribution is 8.77. The summed E-state index contributed by atoms with van der Waals surface area (Å²) in [5.74, 6) is 0.864. The molecule has 10 heterocycles. The number of carbonyl (C=O) groups excluding carboxylic acids is 7. The summed E-state index contributed by atoms with van der Waals surface area (Å²) >= 11 is 0. The van der Waals surface area contributed by atoms with Gasteiger partial charge in [-0.25, -0.2) is 24.4 Å². The monoisotopic (exact) mass is 1710 g/mol. The van der Waals surface area contributed by atoms with Crippen LogP contribution in [0.15, 0.2) is 107 Å². The molecule has 0 aliphatic carbocycles. The number of anilines is 4. The van der Waals surface area contributed by atoms with Crippen molar-refractivity contribution in [3.63, 3.8) is 0 Å². The fourth-order valence-electron chi connectivity index (χ4n) is 15.8. The number of hydrogen-bond acceptors (Lipinski definition) is 26. The van der Waals surface area contributed by atoms with Gasteiger partial charge in [-0.15, -0.1) is 12.4 Å². The number of phenols is 1. The second kappa shape index (κ2) is 38.8. The summed E-state index contributed by atoms with van der Waals surface area (Å²) in [6.07, 6.45) is 4.16. The van der Waals surface area contributed by atoms with E-state index in [1.165, 1.54) is 11.4 Å². The Labute approximate surface area is 708 Å². The highest BCUT2D eigenvalue weighted by atomic mass is 35.5. The van der Waals surface area contributed by atoms with Gasteiger partial charge in [0.25, 0.3) is 11.1 Å². The van der Waals surface area contributed by atoms with Crippen molar-refractivity contribution in [3.8, 4) is 34.3 Å². The normalized spacial score (nSPS) is 17.3. The summed E-state index contributed by atoms with van der Waals surface area (Å²) in [5, 5.41) is 17.8. The maximum absolute atomic E-state index is 14.2. The average Bonchev–Trinajstić information content (AvgIpc) is 1.50. The van der Waals surface area contributed by atoms with E-state index in [0.29, 0.717) is 113 Å². The third-order valence-corrected chi connectivity index (χ3v) is 27.2. The number of fused-ring (bicyclic) bond motifs is 10. The molecule has 0 spiro atoms. The number of phenolic OH excluding ortho intramolecular Hbond substituents is 1. The number of piperazine rings is 2. The first kappa shape index (κ1) is 88.0. The van der Waals surface area contributed by atoms with Crippen LogP contribution in [0, 0.1) is 0 Å². The number of amides is 2. The molecule has 0 unspecified atom stereocenters. The van der Waals surface area contributed by atoms with E-state index in [9.17, 15) is 48.3 Å². The molecule has 628 valence electrons. The van der Waals surface area contributed by atoms with Crippen molar-refractivity contribution in [2.24, 2.45) is 0 Å². The zero-order chi connectivity index (χ0) is 82.9. The lowest BCUT2D eigenvalue weighted by Gasteiger charge is -2.35. The van der Waals surface area contributed by atoms with Crippen LogP contribution < -0.4 is 36.3 Å². The minimum absolute atomic E-state index is 0. The van der Waals surface area contributed by atoms with Crippen molar-refractivity contribution in [2.75, 3.05) is 110 Å². The van der Waals surface area contributed by atoms with Crippen molar-refractivity contribution in [3.05, 3.63) is 162 Å². The molecule has 118 heavy (non-hydrogen) atoms. The lowest BCUT2D eigenvalue weighted by atomic mass is 9.85. The van der Waals surface area contributed by atoms with Gasteiger partial charge in [-0.05, 0) is 194 Å². The van der Waals surface area contributed by atoms with E-state index in [2.05, 4.69) is 68.6 Å². The Hall–Kier alpha value is -9.30. The van der Waals surface area contributed by atoms with Crippen LogP contribution in [0.5, 0.6) is 11.5 Å². The second-order valence-corrected chi connectivity index (χ2v) is 36.5. The molecular weight excluding hydrogens is 1600 g/mol. The number of halogens is 1. The molecule has 4 aromatic carbocycles. The predicted octanol–water partition coefficient (Wildman–Crippen LogP) is 14.5. The van der Waals surface area contributed by atoms with Gasteiger partial charge < -0.3 is 72.9 Å². The molecule has 2 amide bonds. The number of aromatic nitrogens is 4. The zero-order valence-corrected chi connectivity index (χ0v) is 72.3. The van der Waals surface area contributed by atoms with Crippen molar-refractivity contribution < 1.29 is 67.1 Å². The van der Waals surface area contributed by atoms with Gasteiger partial charge >= 0.3 is 30.0 Å². The number of aryl methyl sites for hydroxylation is 2. The van der Waals surface area contributed by atoms with Crippen molar-refractivity contribution in [2.45, 2.75) is 169 Å². The maximum atomic E-state index is 14.2. The van der Waals surface area contributed by atoms with Crippen LogP contribution in [-0.4, -0.2) is 171 Å². The third kappa shape index (κ3) is 19.7. The molecule has 0 bridgehead atoms. The topological polar surface area (TPSA) is 302 Å². The molecule has 6 aliphatic rings. The van der Waals surface area contributed by atoms with Crippen LogP contribution in [-0.2, 0) is 103 Å². The van der Waals surface area contributed by atoms with E-state index in [-0.39, 0.29) is 92.1 Å². The van der Waals surface area contributed by atoms with Gasteiger partial charge in [0, 0.05) is 157 Å². The molecule has 0 saturated carbocycles. The molecule has 14 rings (SSSR count). The van der Waals surface area contributed by atoms with E-state index in [1.54, 1.807) is 135 Å². The average molecular weight is 1710 g/mol. The summed E-state index contributed by atoms with van der Waals surface area (Å²) < 4.78 is 37.1. The number of rotatable bonds is 29. The molecule has 31 heteroatoms. The highest BCUT2D eigenvalue weighted by Crippen LogP contribution is 2.46. The number of ether oxygens (including phenoxy) is 6. The van der Waals surface area contributed by atoms with Crippen LogP contribution in [0.4, 0.5) is 27.5 Å². The van der Waals surface area contributed by atoms with Crippen molar-refractivity contribution >= 4 is 142 Å². The summed E-state index contributed by atoms with van der Waals surface area (Å²) in [4.78, 5) is 138. The molecule has 26 nitrogen and oxygen atoms in total. The molecule has 8 aromatic rings. The molecule has 2 atom stereocenters. The first-order valence-electron chi connectivity index (χ1n) is 40.3. The molecule has 3 N–H and O–H groups in total.